The van der Waals surface area contributed by atoms with Gasteiger partial charge in [-0.15, -0.1) is 0 Å². The Balaban J connectivity index is 2.38. The number of nitro groups is 1. The number of rotatable bonds is 7. The van der Waals surface area contributed by atoms with E-state index in [9.17, 15) is 23.3 Å². The van der Waals surface area contributed by atoms with Gasteiger partial charge in [0.1, 0.15) is 5.02 Å². The van der Waals surface area contributed by atoms with Crippen molar-refractivity contribution in [1.29, 1.82) is 0 Å². The largest absolute Gasteiger partial charge is 0.350 e. The molecule has 0 aliphatic heterocycles. The Bertz CT molecular complexity index is 978. The highest BCUT2D eigenvalue weighted by Crippen LogP contribution is 2.28. The van der Waals surface area contributed by atoms with Crippen LogP contribution in [-0.2, 0) is 10.0 Å². The number of amides is 1. The smallest absolute Gasteiger partial charge is 0.289 e. The van der Waals surface area contributed by atoms with E-state index in [4.69, 9.17) is 11.6 Å². The fourth-order valence-corrected chi connectivity index (χ4v) is 3.46. The normalized spacial score (nSPS) is 12.3. The van der Waals surface area contributed by atoms with Crippen molar-refractivity contribution >= 4 is 38.9 Å². The Morgan fingerprint density at radius 2 is 1.93 bits per heavy atom. The minimum absolute atomic E-state index is 0.0657. The third-order valence-corrected chi connectivity index (χ3v) is 5.51. The van der Waals surface area contributed by atoms with Crippen LogP contribution in [0.4, 0.5) is 11.4 Å². The summed E-state index contributed by atoms with van der Waals surface area (Å²) in [5, 5.41) is 13.6. The SMILES string of the molecule is CC[C@H](C)NC(=O)c1ccccc1NS(=O)(=O)c1ccc(Cl)c([N+](=O)[O-])c1. The highest BCUT2D eigenvalue weighted by atomic mass is 35.5. The lowest BCUT2D eigenvalue weighted by molar-refractivity contribution is -0.384. The van der Waals surface area contributed by atoms with Crippen LogP contribution >= 0.6 is 11.6 Å². The van der Waals surface area contributed by atoms with Crippen LogP contribution in [-0.4, -0.2) is 25.3 Å². The van der Waals surface area contributed by atoms with Gasteiger partial charge in [0.2, 0.25) is 0 Å². The first-order chi connectivity index (χ1) is 12.7. The van der Waals surface area contributed by atoms with E-state index in [-0.39, 0.29) is 27.2 Å². The lowest BCUT2D eigenvalue weighted by Crippen LogP contribution is -2.32. The molecule has 0 unspecified atom stereocenters. The van der Waals surface area contributed by atoms with E-state index in [0.29, 0.717) is 6.42 Å². The molecular weight excluding hydrogens is 394 g/mol. The number of carbonyl (C=O) groups excluding carboxylic acids is 1. The van der Waals surface area contributed by atoms with Crippen molar-refractivity contribution in [2.45, 2.75) is 31.2 Å². The quantitative estimate of drug-likeness (QED) is 0.533. The van der Waals surface area contributed by atoms with Crippen molar-refractivity contribution in [1.82, 2.24) is 5.32 Å². The molecule has 0 aromatic heterocycles. The summed E-state index contributed by atoms with van der Waals surface area (Å²) >= 11 is 5.72. The summed E-state index contributed by atoms with van der Waals surface area (Å²) in [5.41, 5.74) is -0.317. The summed E-state index contributed by atoms with van der Waals surface area (Å²) in [6.45, 7) is 3.74. The van der Waals surface area contributed by atoms with Crippen LogP contribution in [0, 0.1) is 10.1 Å². The van der Waals surface area contributed by atoms with Gasteiger partial charge in [0.05, 0.1) is 21.1 Å². The Morgan fingerprint density at radius 1 is 1.26 bits per heavy atom. The summed E-state index contributed by atoms with van der Waals surface area (Å²) in [5.74, 6) is -0.426. The molecule has 27 heavy (non-hydrogen) atoms. The first-order valence-electron chi connectivity index (χ1n) is 8.02. The minimum atomic E-state index is -4.17. The van der Waals surface area contributed by atoms with Crippen LogP contribution in [0.3, 0.4) is 0 Å². The molecule has 0 bridgehead atoms. The second-order valence-electron chi connectivity index (χ2n) is 5.80. The van der Waals surface area contributed by atoms with Crippen molar-refractivity contribution < 1.29 is 18.1 Å². The molecule has 1 amide bonds. The fraction of sp³-hybridized carbons (Fsp3) is 0.235. The first kappa shape index (κ1) is 20.7. The van der Waals surface area contributed by atoms with Crippen molar-refractivity contribution in [2.24, 2.45) is 0 Å². The van der Waals surface area contributed by atoms with Gasteiger partial charge in [-0.2, -0.15) is 0 Å². The van der Waals surface area contributed by atoms with Gasteiger partial charge in [0, 0.05) is 12.1 Å². The van der Waals surface area contributed by atoms with Gasteiger partial charge in [-0.3, -0.25) is 19.6 Å². The van der Waals surface area contributed by atoms with E-state index in [0.717, 1.165) is 18.2 Å². The molecule has 2 rings (SSSR count). The number of para-hydroxylation sites is 1. The summed E-state index contributed by atoms with van der Waals surface area (Å²) in [6.07, 6.45) is 0.716. The number of carbonyl (C=O) groups is 1. The highest BCUT2D eigenvalue weighted by Gasteiger charge is 2.23. The Morgan fingerprint density at radius 3 is 2.56 bits per heavy atom. The molecule has 0 radical (unpaired) electrons. The predicted molar refractivity (Wildman–Crippen MR) is 103 cm³/mol. The second kappa shape index (κ2) is 8.36. The number of hydrogen-bond acceptors (Lipinski definition) is 5. The molecule has 0 saturated heterocycles. The number of hydrogen-bond donors (Lipinski definition) is 2. The highest BCUT2D eigenvalue weighted by molar-refractivity contribution is 7.92. The molecule has 0 saturated carbocycles. The van der Waals surface area contributed by atoms with Crippen molar-refractivity contribution in [3.63, 3.8) is 0 Å². The van der Waals surface area contributed by atoms with E-state index in [1.165, 1.54) is 12.1 Å². The number of sulfonamides is 1. The lowest BCUT2D eigenvalue weighted by atomic mass is 10.1. The molecule has 10 heteroatoms. The van der Waals surface area contributed by atoms with Crippen molar-refractivity contribution in [3.8, 4) is 0 Å². The summed E-state index contributed by atoms with van der Waals surface area (Å²) < 4.78 is 27.6. The minimum Gasteiger partial charge on any atom is -0.350 e. The summed E-state index contributed by atoms with van der Waals surface area (Å²) in [4.78, 5) is 22.3. The average molecular weight is 412 g/mol. The molecule has 0 aliphatic rings. The molecule has 8 nitrogen and oxygen atoms in total. The van der Waals surface area contributed by atoms with Gasteiger partial charge in [-0.05, 0) is 37.6 Å². The van der Waals surface area contributed by atoms with E-state index < -0.39 is 26.5 Å². The zero-order valence-electron chi connectivity index (χ0n) is 14.6. The Hall–Kier alpha value is -2.65. The second-order valence-corrected chi connectivity index (χ2v) is 7.89. The monoisotopic (exact) mass is 411 g/mol. The number of halogens is 1. The zero-order valence-corrected chi connectivity index (χ0v) is 16.2. The number of anilines is 1. The lowest BCUT2D eigenvalue weighted by Gasteiger charge is -2.15. The number of nitrogens with zero attached hydrogens (tertiary/aromatic N) is 1. The van der Waals surface area contributed by atoms with Crippen LogP contribution in [0.5, 0.6) is 0 Å². The Kier molecular flexibility index (Phi) is 6.40. The van der Waals surface area contributed by atoms with Gasteiger partial charge in [-0.1, -0.05) is 30.7 Å². The van der Waals surface area contributed by atoms with Gasteiger partial charge in [0.15, 0.2) is 0 Å². The number of nitrogens with one attached hydrogen (secondary N) is 2. The molecule has 0 spiro atoms. The summed E-state index contributed by atoms with van der Waals surface area (Å²) in [7, 11) is -4.17. The molecule has 2 aromatic carbocycles. The van der Waals surface area contributed by atoms with Crippen LogP contribution in [0.15, 0.2) is 47.4 Å². The molecule has 2 N–H and O–H groups in total. The van der Waals surface area contributed by atoms with E-state index in [1.54, 1.807) is 12.1 Å². The van der Waals surface area contributed by atoms with Gasteiger partial charge in [-0.25, -0.2) is 8.42 Å². The van der Waals surface area contributed by atoms with Crippen molar-refractivity contribution in [2.75, 3.05) is 4.72 Å². The van der Waals surface area contributed by atoms with E-state index >= 15 is 0 Å². The van der Waals surface area contributed by atoms with Gasteiger partial charge in [0.25, 0.3) is 21.6 Å². The number of benzene rings is 2. The fourth-order valence-electron chi connectivity index (χ4n) is 2.18. The van der Waals surface area contributed by atoms with Crippen LogP contribution in [0.25, 0.3) is 0 Å². The topological polar surface area (TPSA) is 118 Å². The predicted octanol–water partition coefficient (Wildman–Crippen LogP) is 3.58. The molecule has 2 aromatic rings. The van der Waals surface area contributed by atoms with Crippen LogP contribution in [0.2, 0.25) is 5.02 Å². The van der Waals surface area contributed by atoms with Gasteiger partial charge < -0.3 is 5.32 Å². The van der Waals surface area contributed by atoms with E-state index in [1.807, 2.05) is 13.8 Å². The molecule has 0 aliphatic carbocycles. The average Bonchev–Trinajstić information content (AvgIpc) is 2.61. The zero-order chi connectivity index (χ0) is 20.2. The first-order valence-corrected chi connectivity index (χ1v) is 9.88. The maximum absolute atomic E-state index is 12.6. The molecule has 0 fully saturated rings. The molecule has 144 valence electrons. The Labute approximate surface area is 161 Å². The number of nitro benzene ring substituents is 1. The maximum Gasteiger partial charge on any atom is 0.289 e. The molecule has 0 heterocycles. The maximum atomic E-state index is 12.6. The third-order valence-electron chi connectivity index (χ3n) is 3.83. The van der Waals surface area contributed by atoms with Crippen LogP contribution < -0.4 is 10.0 Å². The molecule has 1 atom stereocenters. The van der Waals surface area contributed by atoms with Gasteiger partial charge >= 0.3 is 0 Å². The standard InChI is InChI=1S/C17H18ClN3O5S/c1-3-11(2)19-17(22)13-6-4-5-7-15(13)20-27(25,26)12-8-9-14(18)16(10-12)21(23)24/h4-11,20H,3H2,1-2H3,(H,19,22)/t11-/m0/s1. The van der Waals surface area contributed by atoms with E-state index in [2.05, 4.69) is 10.0 Å². The summed E-state index contributed by atoms with van der Waals surface area (Å²) in [6, 6.07) is 9.18. The van der Waals surface area contributed by atoms with Crippen LogP contribution in [0.1, 0.15) is 30.6 Å². The molecular formula is C17H18ClN3O5S. The van der Waals surface area contributed by atoms with Crippen molar-refractivity contribution in [3.05, 3.63) is 63.2 Å². The third kappa shape index (κ3) is 4.95.